The molecule has 0 bridgehead atoms. The van der Waals surface area contributed by atoms with Crippen molar-refractivity contribution in [2.45, 2.75) is 31.2 Å². The highest BCUT2D eigenvalue weighted by Gasteiger charge is 2.37. The number of thioether (sulfide) groups is 1. The molecule has 2 heterocycles. The number of carbonyl (C=O) groups excluding carboxylic acids is 2. The second-order valence-electron chi connectivity index (χ2n) is 6.34. The van der Waals surface area contributed by atoms with Crippen molar-refractivity contribution >= 4 is 23.6 Å². The van der Waals surface area contributed by atoms with Crippen LogP contribution in [0.25, 0.3) is 11.3 Å². The van der Waals surface area contributed by atoms with Gasteiger partial charge >= 0.3 is 0 Å². The number of rotatable bonds is 4. The third kappa shape index (κ3) is 3.84. The molecule has 1 aromatic heterocycles. The Bertz CT molecular complexity index is 788. The molecule has 2 amide bonds. The number of aromatic amines is 1. The van der Waals surface area contributed by atoms with Gasteiger partial charge in [-0.1, -0.05) is 0 Å². The van der Waals surface area contributed by atoms with E-state index in [1.54, 1.807) is 18.3 Å². The zero-order valence-electron chi connectivity index (χ0n) is 13.9. The third-order valence-electron chi connectivity index (χ3n) is 4.08. The van der Waals surface area contributed by atoms with Crippen molar-refractivity contribution in [3.63, 3.8) is 0 Å². The molecule has 6 nitrogen and oxygen atoms in total. The van der Waals surface area contributed by atoms with Crippen LogP contribution in [-0.4, -0.2) is 38.6 Å². The molecule has 0 unspecified atom stereocenters. The predicted molar refractivity (Wildman–Crippen MR) is 94.3 cm³/mol. The van der Waals surface area contributed by atoms with Gasteiger partial charge in [0.2, 0.25) is 11.8 Å². The van der Waals surface area contributed by atoms with Crippen molar-refractivity contribution < 1.29 is 14.0 Å². The monoisotopic (exact) mass is 362 g/mol. The minimum atomic E-state index is -0.549. The Kier molecular flexibility index (Phi) is 4.80. The number of carbonyl (C=O) groups is 2. The number of nitrogens with zero attached hydrogens (tertiary/aromatic N) is 1. The van der Waals surface area contributed by atoms with Crippen LogP contribution in [0.2, 0.25) is 0 Å². The van der Waals surface area contributed by atoms with Crippen LogP contribution < -0.4 is 10.6 Å². The summed E-state index contributed by atoms with van der Waals surface area (Å²) >= 11 is 1.46. The van der Waals surface area contributed by atoms with Gasteiger partial charge in [0.05, 0.1) is 16.6 Å². The Morgan fingerprint density at radius 1 is 1.40 bits per heavy atom. The summed E-state index contributed by atoms with van der Waals surface area (Å²) in [6.07, 6.45) is 1.62. The first kappa shape index (κ1) is 17.5. The highest BCUT2D eigenvalue weighted by molar-refractivity contribution is 8.01. The minimum Gasteiger partial charge on any atom is -0.350 e. The Balaban J connectivity index is 1.63. The standard InChI is InChI=1S/C17H19FN4O2S/c1-17(2)16(24)21-13(9-25-17)15(23)19-7-11-8-20-22-14(11)10-3-5-12(18)6-4-10/h3-6,8,13H,7,9H2,1-2H3,(H,19,23)(H,20,22)(H,21,24)/t13-/m1/s1. The third-order valence-corrected chi connectivity index (χ3v) is 5.49. The lowest BCUT2D eigenvalue weighted by atomic mass is 10.1. The molecular formula is C17H19FN4O2S. The average molecular weight is 362 g/mol. The predicted octanol–water partition coefficient (Wildman–Crippen LogP) is 1.84. The fraction of sp³-hybridized carbons (Fsp3) is 0.353. The fourth-order valence-corrected chi connectivity index (χ4v) is 3.50. The number of amides is 2. The van der Waals surface area contributed by atoms with Crippen LogP contribution in [0.4, 0.5) is 4.39 Å². The maximum Gasteiger partial charge on any atom is 0.243 e. The van der Waals surface area contributed by atoms with Crippen LogP contribution >= 0.6 is 11.8 Å². The van der Waals surface area contributed by atoms with E-state index >= 15 is 0 Å². The number of aromatic nitrogens is 2. The molecule has 1 fully saturated rings. The molecule has 1 saturated heterocycles. The summed E-state index contributed by atoms with van der Waals surface area (Å²) in [7, 11) is 0. The summed E-state index contributed by atoms with van der Waals surface area (Å²) in [5.41, 5.74) is 2.30. The zero-order valence-corrected chi connectivity index (χ0v) is 14.7. The van der Waals surface area contributed by atoms with Gasteiger partial charge in [-0.2, -0.15) is 5.10 Å². The summed E-state index contributed by atoms with van der Waals surface area (Å²) < 4.78 is 12.5. The minimum absolute atomic E-state index is 0.140. The van der Waals surface area contributed by atoms with E-state index in [4.69, 9.17) is 0 Å². The molecule has 1 aliphatic heterocycles. The molecule has 3 rings (SSSR count). The summed E-state index contributed by atoms with van der Waals surface area (Å²) in [6, 6.07) is 5.49. The summed E-state index contributed by atoms with van der Waals surface area (Å²) in [6.45, 7) is 3.94. The normalized spacial score (nSPS) is 19.3. The van der Waals surface area contributed by atoms with Gasteiger partial charge in [0.15, 0.2) is 0 Å². The van der Waals surface area contributed by atoms with E-state index in [1.165, 1.54) is 23.9 Å². The highest BCUT2D eigenvalue weighted by atomic mass is 32.2. The van der Waals surface area contributed by atoms with E-state index in [2.05, 4.69) is 20.8 Å². The van der Waals surface area contributed by atoms with Gasteiger partial charge in [-0.15, -0.1) is 11.8 Å². The first-order valence-electron chi connectivity index (χ1n) is 7.87. The second kappa shape index (κ2) is 6.87. The molecule has 25 heavy (non-hydrogen) atoms. The van der Waals surface area contributed by atoms with Crippen LogP contribution in [0.1, 0.15) is 19.4 Å². The first-order valence-corrected chi connectivity index (χ1v) is 8.86. The molecule has 3 N–H and O–H groups in total. The molecule has 0 saturated carbocycles. The molecule has 132 valence electrons. The molecule has 1 aliphatic rings. The quantitative estimate of drug-likeness (QED) is 0.775. The van der Waals surface area contributed by atoms with E-state index in [9.17, 15) is 14.0 Å². The number of nitrogens with one attached hydrogen (secondary N) is 3. The Hall–Kier alpha value is -2.35. The number of benzene rings is 1. The summed E-state index contributed by atoms with van der Waals surface area (Å²) in [5.74, 6) is -0.158. The SMILES string of the molecule is CC1(C)SC[C@H](C(=O)NCc2cn[nH]c2-c2ccc(F)cc2)NC1=O. The topological polar surface area (TPSA) is 86.9 Å². The van der Waals surface area contributed by atoms with Crippen molar-refractivity contribution in [3.8, 4) is 11.3 Å². The first-order chi connectivity index (χ1) is 11.9. The van der Waals surface area contributed by atoms with Crippen LogP contribution in [0.15, 0.2) is 30.5 Å². The maximum absolute atomic E-state index is 13.1. The largest absolute Gasteiger partial charge is 0.350 e. The van der Waals surface area contributed by atoms with Gasteiger partial charge in [-0.05, 0) is 38.1 Å². The Morgan fingerprint density at radius 2 is 2.12 bits per heavy atom. The van der Waals surface area contributed by atoms with Gasteiger partial charge in [0.25, 0.3) is 0 Å². The van der Waals surface area contributed by atoms with E-state index in [0.29, 0.717) is 5.75 Å². The number of H-pyrrole nitrogens is 1. The smallest absolute Gasteiger partial charge is 0.243 e. The van der Waals surface area contributed by atoms with Gasteiger partial charge in [-0.25, -0.2) is 4.39 Å². The molecular weight excluding hydrogens is 343 g/mol. The van der Waals surface area contributed by atoms with E-state index in [1.807, 2.05) is 13.8 Å². The average Bonchev–Trinajstić information content (AvgIpc) is 3.04. The lowest BCUT2D eigenvalue weighted by Crippen LogP contribution is -2.57. The molecule has 8 heteroatoms. The maximum atomic E-state index is 13.1. The molecule has 1 aromatic carbocycles. The fourth-order valence-electron chi connectivity index (χ4n) is 2.49. The highest BCUT2D eigenvalue weighted by Crippen LogP contribution is 2.29. The number of hydrogen-bond donors (Lipinski definition) is 3. The molecule has 2 aromatic rings. The van der Waals surface area contributed by atoms with Crippen molar-refractivity contribution in [2.24, 2.45) is 0 Å². The molecule has 0 aliphatic carbocycles. The zero-order chi connectivity index (χ0) is 18.0. The van der Waals surface area contributed by atoms with E-state index < -0.39 is 10.8 Å². The van der Waals surface area contributed by atoms with Crippen molar-refractivity contribution in [2.75, 3.05) is 5.75 Å². The Morgan fingerprint density at radius 3 is 2.80 bits per heavy atom. The lowest BCUT2D eigenvalue weighted by Gasteiger charge is -2.32. The lowest BCUT2D eigenvalue weighted by molar-refractivity contribution is -0.129. The van der Waals surface area contributed by atoms with Gasteiger partial charge in [0, 0.05) is 23.4 Å². The van der Waals surface area contributed by atoms with Gasteiger partial charge < -0.3 is 10.6 Å². The Labute approximate surface area is 149 Å². The summed E-state index contributed by atoms with van der Waals surface area (Å²) in [5, 5.41) is 12.4. The van der Waals surface area contributed by atoms with Crippen molar-refractivity contribution in [1.29, 1.82) is 0 Å². The van der Waals surface area contributed by atoms with Crippen LogP contribution in [-0.2, 0) is 16.1 Å². The summed E-state index contributed by atoms with van der Waals surface area (Å²) in [4.78, 5) is 24.3. The van der Waals surface area contributed by atoms with Crippen LogP contribution in [0.5, 0.6) is 0 Å². The number of halogens is 1. The van der Waals surface area contributed by atoms with E-state index in [-0.39, 0.29) is 24.2 Å². The van der Waals surface area contributed by atoms with Crippen molar-refractivity contribution in [1.82, 2.24) is 20.8 Å². The molecule has 1 atom stereocenters. The molecule has 0 radical (unpaired) electrons. The van der Waals surface area contributed by atoms with Crippen LogP contribution in [0.3, 0.4) is 0 Å². The second-order valence-corrected chi connectivity index (χ2v) is 7.98. The molecule has 0 spiro atoms. The van der Waals surface area contributed by atoms with Gasteiger partial charge in [-0.3, -0.25) is 14.7 Å². The van der Waals surface area contributed by atoms with Crippen LogP contribution in [0, 0.1) is 5.82 Å². The van der Waals surface area contributed by atoms with Crippen molar-refractivity contribution in [3.05, 3.63) is 41.8 Å². The van der Waals surface area contributed by atoms with E-state index in [0.717, 1.165) is 16.8 Å². The number of hydrogen-bond acceptors (Lipinski definition) is 4. The van der Waals surface area contributed by atoms with Gasteiger partial charge in [0.1, 0.15) is 11.9 Å².